The van der Waals surface area contributed by atoms with E-state index in [0.717, 1.165) is 0 Å². The molecular weight excluding hydrogens is 510 g/mol. The molecular formula is C17H21N10O5Rb. The Labute approximate surface area is 235 Å². The molecule has 2 aromatic heterocycles. The summed E-state index contributed by atoms with van der Waals surface area (Å²) in [5.74, 6) is -2.49. The number of carboxylic acids is 2. The third kappa shape index (κ3) is 7.45. The van der Waals surface area contributed by atoms with Gasteiger partial charge in [-0.3, -0.25) is 14.6 Å². The topological polar surface area (TPSA) is 247 Å². The first-order valence-electron chi connectivity index (χ1n) is 9.39. The number of fused-ring (bicyclic) bond motifs is 1. The minimum Gasteiger partial charge on any atom is -0.481 e. The van der Waals surface area contributed by atoms with E-state index in [1.165, 1.54) is 6.20 Å². The monoisotopic (exact) mass is 530 g/mol. The fourth-order valence-electron chi connectivity index (χ4n) is 2.82. The number of carbonyl (C=O) groups excluding carboxylic acids is 1. The van der Waals surface area contributed by atoms with Crippen molar-refractivity contribution < 1.29 is 82.8 Å². The Morgan fingerprint density at radius 2 is 2.06 bits per heavy atom. The smallest absolute Gasteiger partial charge is 0.481 e. The van der Waals surface area contributed by atoms with E-state index in [0.29, 0.717) is 18.1 Å². The molecule has 0 saturated carbocycles. The van der Waals surface area contributed by atoms with Crippen molar-refractivity contribution in [2.45, 2.75) is 24.9 Å². The second-order valence-electron chi connectivity index (χ2n) is 6.80. The number of rotatable bonds is 8. The van der Waals surface area contributed by atoms with Crippen LogP contribution in [-0.4, -0.2) is 73.2 Å². The predicted octanol–water partition coefficient (Wildman–Crippen LogP) is -4.98. The van der Waals surface area contributed by atoms with E-state index in [1.807, 2.05) is 0 Å². The van der Waals surface area contributed by atoms with Crippen molar-refractivity contribution in [3.63, 3.8) is 0 Å². The number of aliphatic carboxylic acids is 2. The molecule has 2 aromatic rings. The summed E-state index contributed by atoms with van der Waals surface area (Å²) in [7, 11) is 0. The van der Waals surface area contributed by atoms with E-state index in [-0.39, 0.29) is 100 Å². The molecule has 3 heterocycles. The van der Waals surface area contributed by atoms with Gasteiger partial charge in [-0.1, -0.05) is 11.8 Å². The Morgan fingerprint density at radius 1 is 1.30 bits per heavy atom. The molecule has 0 fully saturated rings. The third-order valence-corrected chi connectivity index (χ3v) is 4.40. The average Bonchev–Trinajstić information content (AvgIpc) is 2.75. The number of nitrogen functional groups attached to an aromatic ring is 2. The average molecular weight is 531 g/mol. The van der Waals surface area contributed by atoms with Crippen LogP contribution in [0.3, 0.4) is 0 Å². The molecule has 0 bridgehead atoms. The molecule has 1 amide bonds. The van der Waals surface area contributed by atoms with Gasteiger partial charge in [0.15, 0.2) is 17.5 Å². The van der Waals surface area contributed by atoms with Gasteiger partial charge < -0.3 is 52.4 Å². The van der Waals surface area contributed by atoms with Crippen LogP contribution in [0.15, 0.2) is 11.2 Å². The fourth-order valence-corrected chi connectivity index (χ4v) is 2.82. The third-order valence-electron chi connectivity index (χ3n) is 4.40. The van der Waals surface area contributed by atoms with Crippen LogP contribution >= 0.6 is 0 Å². The SMILES string of the molecule is Nc1nc(N)c2c(n1)NCC(CN=c1n[c-]c(C(=O)NC(CCC(=O)O)C(=O)O)c[nH]1)N2.[Rb+]. The Hall–Kier alpha value is -2.62. The van der Waals surface area contributed by atoms with Crippen LogP contribution in [0, 0.1) is 6.20 Å². The van der Waals surface area contributed by atoms with Gasteiger partial charge in [-0.05, 0) is 12.6 Å². The first-order valence-corrected chi connectivity index (χ1v) is 9.39. The van der Waals surface area contributed by atoms with Gasteiger partial charge >= 0.3 is 70.1 Å². The minimum atomic E-state index is -1.35. The number of anilines is 4. The second kappa shape index (κ2) is 12.0. The molecule has 0 radical (unpaired) electrons. The van der Waals surface area contributed by atoms with E-state index in [1.54, 1.807) is 0 Å². The van der Waals surface area contributed by atoms with Crippen LogP contribution in [0.5, 0.6) is 0 Å². The van der Waals surface area contributed by atoms with E-state index < -0.39 is 30.3 Å². The van der Waals surface area contributed by atoms with E-state index in [2.05, 4.69) is 47.1 Å². The number of hydrogen-bond acceptors (Lipinski definition) is 11. The number of hydrogen-bond donors (Lipinski definition) is 8. The summed E-state index contributed by atoms with van der Waals surface area (Å²) in [5.41, 5.74) is 12.1. The number of carboxylic acid groups (broad SMARTS) is 2. The van der Waals surface area contributed by atoms with Crippen molar-refractivity contribution in [1.29, 1.82) is 0 Å². The van der Waals surface area contributed by atoms with E-state index in [9.17, 15) is 14.4 Å². The predicted molar refractivity (Wildman–Crippen MR) is 110 cm³/mol. The molecule has 10 N–H and O–H groups in total. The van der Waals surface area contributed by atoms with E-state index in [4.69, 9.17) is 21.7 Å². The van der Waals surface area contributed by atoms with Gasteiger partial charge in [0.25, 0.3) is 0 Å². The van der Waals surface area contributed by atoms with Gasteiger partial charge in [-0.15, -0.1) is 0 Å². The molecule has 15 nitrogen and oxygen atoms in total. The van der Waals surface area contributed by atoms with Crippen LogP contribution < -0.4 is 91.2 Å². The molecule has 3 rings (SSSR count). The Kier molecular flexibility index (Phi) is 9.69. The molecule has 0 saturated heterocycles. The van der Waals surface area contributed by atoms with Gasteiger partial charge in [0.1, 0.15) is 17.3 Å². The number of aromatic nitrogens is 4. The summed E-state index contributed by atoms with van der Waals surface area (Å²) >= 11 is 0. The summed E-state index contributed by atoms with van der Waals surface area (Å²) in [5, 5.41) is 26.3. The van der Waals surface area contributed by atoms with Crippen molar-refractivity contribution in [2.75, 3.05) is 35.2 Å². The van der Waals surface area contributed by atoms with Gasteiger partial charge in [-0.25, -0.2) is 0 Å². The van der Waals surface area contributed by atoms with E-state index >= 15 is 0 Å². The molecule has 170 valence electrons. The van der Waals surface area contributed by atoms with Crippen LogP contribution in [0.2, 0.25) is 0 Å². The van der Waals surface area contributed by atoms with Crippen LogP contribution in [0.25, 0.3) is 0 Å². The van der Waals surface area contributed by atoms with Gasteiger partial charge in [0, 0.05) is 13.0 Å². The summed E-state index contributed by atoms with van der Waals surface area (Å²) in [6.45, 7) is 0.777. The molecule has 2 atom stereocenters. The maximum Gasteiger partial charge on any atom is 1.00 e. The summed E-state index contributed by atoms with van der Waals surface area (Å²) in [6, 6.07) is -1.50. The molecule has 1 aliphatic rings. The zero-order chi connectivity index (χ0) is 23.3. The first kappa shape index (κ1) is 26.6. The van der Waals surface area contributed by atoms with Crippen molar-refractivity contribution in [2.24, 2.45) is 4.99 Å². The quantitative estimate of drug-likeness (QED) is 0.149. The largest absolute Gasteiger partial charge is 1.00 e. The van der Waals surface area contributed by atoms with Crippen molar-refractivity contribution in [1.82, 2.24) is 25.3 Å². The number of amides is 1. The van der Waals surface area contributed by atoms with Gasteiger partial charge in [0.05, 0.1) is 12.6 Å². The molecule has 0 aliphatic carbocycles. The number of nitrogens with zero attached hydrogens (tertiary/aromatic N) is 4. The van der Waals surface area contributed by atoms with Crippen LogP contribution in [0.1, 0.15) is 23.2 Å². The van der Waals surface area contributed by atoms with Crippen LogP contribution in [0.4, 0.5) is 23.3 Å². The number of H-pyrrole nitrogens is 1. The Bertz CT molecular complexity index is 1090. The number of aromatic amines is 1. The van der Waals surface area contributed by atoms with Crippen LogP contribution in [-0.2, 0) is 9.59 Å². The van der Waals surface area contributed by atoms with Crippen molar-refractivity contribution in [3.8, 4) is 0 Å². The summed E-state index contributed by atoms with van der Waals surface area (Å²) in [4.78, 5) is 52.9. The molecule has 16 heteroatoms. The first-order chi connectivity index (χ1) is 15.2. The maximum atomic E-state index is 12.2. The zero-order valence-corrected chi connectivity index (χ0v) is 22.5. The van der Waals surface area contributed by atoms with Gasteiger partial charge in [0.2, 0.25) is 5.95 Å². The molecule has 0 aromatic carbocycles. The van der Waals surface area contributed by atoms with Crippen molar-refractivity contribution >= 4 is 41.1 Å². The fraction of sp³-hybridized carbons (Fsp3) is 0.353. The Morgan fingerprint density at radius 3 is 2.70 bits per heavy atom. The Balaban J connectivity index is 0.00000385. The second-order valence-corrected chi connectivity index (χ2v) is 6.80. The normalized spacial score (nSPS) is 15.8. The maximum absolute atomic E-state index is 12.2. The number of nitrogens with two attached hydrogens (primary N) is 2. The number of nitrogens with one attached hydrogen (secondary N) is 4. The molecule has 1 aliphatic heterocycles. The van der Waals surface area contributed by atoms with Crippen molar-refractivity contribution in [3.05, 3.63) is 23.6 Å². The molecule has 33 heavy (non-hydrogen) atoms. The number of carbonyl (C=O) groups is 3. The summed E-state index contributed by atoms with van der Waals surface area (Å²) < 4.78 is 0. The van der Waals surface area contributed by atoms with Gasteiger partial charge in [-0.2, -0.15) is 9.97 Å². The summed E-state index contributed by atoms with van der Waals surface area (Å²) in [6.07, 6.45) is 3.09. The standard InChI is InChI=1S/C17H21N10O5.Rb/c18-12-11-13(27-16(19)26-12)20-5-8(24-11)6-23-17-21-3-7(4-22-17)14(30)25-9(15(31)32)1-2-10(28)29;/h3,8-9,24H,1-2,5-6H2,(H,25,30)(H,28,29)(H,31,32)(H,21,22,23)(H5,18,19,20,26,27);/q-1;+1. The molecule has 0 spiro atoms. The molecule has 2 unspecified atom stereocenters. The minimum absolute atomic E-state index is 0. The zero-order valence-electron chi connectivity index (χ0n) is 17.6.